The number of aryl methyl sites for hydroxylation is 1. The van der Waals surface area contributed by atoms with E-state index in [2.05, 4.69) is 27.9 Å². The highest BCUT2D eigenvalue weighted by molar-refractivity contribution is 14.1. The van der Waals surface area contributed by atoms with Crippen LogP contribution in [0.5, 0.6) is 0 Å². The Labute approximate surface area is 120 Å². The number of benzene rings is 2. The lowest BCUT2D eigenvalue weighted by molar-refractivity contribution is 0.102. The smallest absolute Gasteiger partial charge is 0.255 e. The average molecular weight is 352 g/mol. The molecule has 18 heavy (non-hydrogen) atoms. The van der Waals surface area contributed by atoms with E-state index in [4.69, 9.17) is 5.73 Å². The standard InChI is InChI=1S/C14H13IN2O/c1-9-6-10(8-12(16)7-9)14(18)17-13-4-2-11(15)3-5-13/h2-8H,16H2,1H3,(H,17,18). The number of carbonyl (C=O) groups excluding carboxylic acids is 1. The van der Waals surface area contributed by atoms with Gasteiger partial charge in [0.05, 0.1) is 0 Å². The first kappa shape index (κ1) is 12.9. The molecule has 3 nitrogen and oxygen atoms in total. The third kappa shape index (κ3) is 3.22. The van der Waals surface area contributed by atoms with E-state index in [0.29, 0.717) is 11.3 Å². The maximum absolute atomic E-state index is 12.0. The summed E-state index contributed by atoms with van der Waals surface area (Å²) in [5.41, 5.74) is 8.66. The Morgan fingerprint density at radius 3 is 2.44 bits per heavy atom. The number of rotatable bonds is 2. The molecule has 0 aliphatic rings. The third-order valence-electron chi connectivity index (χ3n) is 2.46. The van der Waals surface area contributed by atoms with E-state index < -0.39 is 0 Å². The third-order valence-corrected chi connectivity index (χ3v) is 3.18. The van der Waals surface area contributed by atoms with Crippen molar-refractivity contribution in [3.63, 3.8) is 0 Å². The average Bonchev–Trinajstić information content (AvgIpc) is 2.31. The number of amides is 1. The molecule has 2 aromatic rings. The summed E-state index contributed by atoms with van der Waals surface area (Å²) in [5.74, 6) is -0.147. The number of hydrogen-bond acceptors (Lipinski definition) is 2. The lowest BCUT2D eigenvalue weighted by Crippen LogP contribution is -2.12. The highest BCUT2D eigenvalue weighted by atomic mass is 127. The fraction of sp³-hybridized carbons (Fsp3) is 0.0714. The summed E-state index contributed by atoms with van der Waals surface area (Å²) in [6, 6.07) is 13.0. The van der Waals surface area contributed by atoms with E-state index in [1.54, 1.807) is 6.07 Å². The van der Waals surface area contributed by atoms with Gasteiger partial charge in [0.1, 0.15) is 0 Å². The summed E-state index contributed by atoms with van der Waals surface area (Å²) in [5, 5.41) is 2.84. The Hall–Kier alpha value is -1.56. The van der Waals surface area contributed by atoms with Crippen molar-refractivity contribution in [2.75, 3.05) is 11.1 Å². The minimum atomic E-state index is -0.147. The van der Waals surface area contributed by atoms with Crippen LogP contribution in [0.4, 0.5) is 11.4 Å². The van der Waals surface area contributed by atoms with Crippen LogP contribution in [-0.2, 0) is 0 Å². The molecule has 0 unspecified atom stereocenters. The molecule has 0 heterocycles. The Morgan fingerprint density at radius 2 is 1.83 bits per heavy atom. The number of anilines is 2. The van der Waals surface area contributed by atoms with Gasteiger partial charge in [-0.2, -0.15) is 0 Å². The van der Waals surface area contributed by atoms with E-state index in [9.17, 15) is 4.79 Å². The molecule has 0 aromatic heterocycles. The van der Waals surface area contributed by atoms with Crippen LogP contribution in [0.3, 0.4) is 0 Å². The molecule has 0 atom stereocenters. The number of halogens is 1. The first-order valence-electron chi connectivity index (χ1n) is 5.49. The zero-order valence-corrected chi connectivity index (χ0v) is 12.1. The Balaban J connectivity index is 2.19. The summed E-state index contributed by atoms with van der Waals surface area (Å²) >= 11 is 2.22. The molecular formula is C14H13IN2O. The van der Waals surface area contributed by atoms with Gasteiger partial charge in [0, 0.05) is 20.5 Å². The molecule has 0 spiro atoms. The van der Waals surface area contributed by atoms with Crippen LogP contribution in [0, 0.1) is 10.5 Å². The number of nitrogens with two attached hydrogens (primary N) is 1. The Kier molecular flexibility index (Phi) is 3.86. The van der Waals surface area contributed by atoms with Gasteiger partial charge in [-0.15, -0.1) is 0 Å². The molecule has 2 aromatic carbocycles. The van der Waals surface area contributed by atoms with Crippen molar-refractivity contribution < 1.29 is 4.79 Å². The van der Waals surface area contributed by atoms with Crippen molar-refractivity contribution in [2.45, 2.75) is 6.92 Å². The molecule has 2 rings (SSSR count). The Bertz CT molecular complexity index is 559. The quantitative estimate of drug-likeness (QED) is 0.643. The van der Waals surface area contributed by atoms with Gasteiger partial charge in [-0.25, -0.2) is 0 Å². The Morgan fingerprint density at radius 1 is 1.17 bits per heavy atom. The van der Waals surface area contributed by atoms with E-state index in [1.807, 2.05) is 43.3 Å². The molecule has 92 valence electrons. The minimum Gasteiger partial charge on any atom is -0.399 e. The summed E-state index contributed by atoms with van der Waals surface area (Å²) in [4.78, 5) is 12.0. The number of carbonyl (C=O) groups is 1. The molecule has 0 bridgehead atoms. The zero-order chi connectivity index (χ0) is 13.1. The maximum atomic E-state index is 12.0. The lowest BCUT2D eigenvalue weighted by atomic mass is 10.1. The van der Waals surface area contributed by atoms with Gasteiger partial charge in [0.15, 0.2) is 0 Å². The van der Waals surface area contributed by atoms with Gasteiger partial charge in [0.2, 0.25) is 0 Å². The van der Waals surface area contributed by atoms with Crippen molar-refractivity contribution in [2.24, 2.45) is 0 Å². The predicted octanol–water partition coefficient (Wildman–Crippen LogP) is 3.43. The fourth-order valence-corrected chi connectivity index (χ4v) is 2.04. The van der Waals surface area contributed by atoms with E-state index in [0.717, 1.165) is 14.8 Å². The highest BCUT2D eigenvalue weighted by Gasteiger charge is 2.07. The first-order chi connectivity index (χ1) is 8.54. The SMILES string of the molecule is Cc1cc(N)cc(C(=O)Nc2ccc(I)cc2)c1. The lowest BCUT2D eigenvalue weighted by Gasteiger charge is -2.07. The van der Waals surface area contributed by atoms with Gasteiger partial charge in [-0.3, -0.25) is 4.79 Å². The molecule has 1 amide bonds. The maximum Gasteiger partial charge on any atom is 0.255 e. The highest BCUT2D eigenvalue weighted by Crippen LogP contribution is 2.15. The van der Waals surface area contributed by atoms with Gasteiger partial charge in [-0.1, -0.05) is 0 Å². The fourth-order valence-electron chi connectivity index (χ4n) is 1.68. The van der Waals surface area contributed by atoms with Gasteiger partial charge < -0.3 is 11.1 Å². The molecule has 0 aliphatic heterocycles. The van der Waals surface area contributed by atoms with Gasteiger partial charge in [0.25, 0.3) is 5.91 Å². The summed E-state index contributed by atoms with van der Waals surface area (Å²) in [6.45, 7) is 1.91. The van der Waals surface area contributed by atoms with Crippen molar-refractivity contribution >= 4 is 39.9 Å². The molecule has 0 saturated heterocycles. The van der Waals surface area contributed by atoms with Crippen LogP contribution in [-0.4, -0.2) is 5.91 Å². The molecule has 0 fully saturated rings. The molecule has 4 heteroatoms. The second kappa shape index (κ2) is 5.39. The molecular weight excluding hydrogens is 339 g/mol. The van der Waals surface area contributed by atoms with Gasteiger partial charge >= 0.3 is 0 Å². The van der Waals surface area contributed by atoms with Crippen LogP contribution in [0.1, 0.15) is 15.9 Å². The van der Waals surface area contributed by atoms with Crippen LogP contribution in [0.15, 0.2) is 42.5 Å². The van der Waals surface area contributed by atoms with E-state index >= 15 is 0 Å². The molecule has 3 N–H and O–H groups in total. The van der Waals surface area contributed by atoms with Crippen LogP contribution in [0.2, 0.25) is 0 Å². The second-order valence-corrected chi connectivity index (χ2v) is 5.34. The van der Waals surface area contributed by atoms with Crippen molar-refractivity contribution in [1.29, 1.82) is 0 Å². The zero-order valence-electron chi connectivity index (χ0n) is 9.91. The summed E-state index contributed by atoms with van der Waals surface area (Å²) in [7, 11) is 0. The minimum absolute atomic E-state index is 0.147. The largest absolute Gasteiger partial charge is 0.399 e. The monoisotopic (exact) mass is 352 g/mol. The number of nitrogens with one attached hydrogen (secondary N) is 1. The van der Waals surface area contributed by atoms with Crippen molar-refractivity contribution in [1.82, 2.24) is 0 Å². The summed E-state index contributed by atoms with van der Waals surface area (Å²) < 4.78 is 1.13. The van der Waals surface area contributed by atoms with Crippen LogP contribution < -0.4 is 11.1 Å². The van der Waals surface area contributed by atoms with Crippen LogP contribution in [0.25, 0.3) is 0 Å². The predicted molar refractivity (Wildman–Crippen MR) is 82.7 cm³/mol. The normalized spacial score (nSPS) is 10.1. The van der Waals surface area contributed by atoms with Crippen molar-refractivity contribution in [3.8, 4) is 0 Å². The van der Waals surface area contributed by atoms with Crippen molar-refractivity contribution in [3.05, 3.63) is 57.2 Å². The van der Waals surface area contributed by atoms with Crippen LogP contribution >= 0.6 is 22.6 Å². The molecule has 0 radical (unpaired) electrons. The van der Waals surface area contributed by atoms with Gasteiger partial charge in [-0.05, 0) is 77.5 Å². The molecule has 0 aliphatic carbocycles. The number of nitrogen functional groups attached to an aromatic ring is 1. The second-order valence-electron chi connectivity index (χ2n) is 4.09. The number of hydrogen-bond donors (Lipinski definition) is 2. The topological polar surface area (TPSA) is 55.1 Å². The summed E-state index contributed by atoms with van der Waals surface area (Å²) in [6.07, 6.45) is 0. The van der Waals surface area contributed by atoms with E-state index in [-0.39, 0.29) is 5.91 Å². The van der Waals surface area contributed by atoms with E-state index in [1.165, 1.54) is 0 Å². The first-order valence-corrected chi connectivity index (χ1v) is 6.56. The molecule has 0 saturated carbocycles.